The quantitative estimate of drug-likeness (QED) is 0.896. The number of rotatable bonds is 5. The van der Waals surface area contributed by atoms with Gasteiger partial charge in [0, 0.05) is 18.6 Å². The Morgan fingerprint density at radius 2 is 2.15 bits per heavy atom. The summed E-state index contributed by atoms with van der Waals surface area (Å²) in [6.45, 7) is 1.29. The number of benzene rings is 1. The number of hydrogen-bond donors (Lipinski definition) is 1. The minimum Gasteiger partial charge on any atom is -0.381 e. The van der Waals surface area contributed by atoms with Crippen LogP contribution >= 0.6 is 23.2 Å². The summed E-state index contributed by atoms with van der Waals surface area (Å²) < 4.78 is 30.2. The third kappa shape index (κ3) is 3.65. The SMILES string of the molecule is CNC(CS(=O)(=O)c1ccc(Cl)c(Cl)c1)C1CCOC1. The summed E-state index contributed by atoms with van der Waals surface area (Å²) in [6, 6.07) is 4.26. The van der Waals surface area contributed by atoms with Gasteiger partial charge in [-0.05, 0) is 31.7 Å². The second-order valence-electron chi connectivity index (χ2n) is 4.88. The van der Waals surface area contributed by atoms with Gasteiger partial charge >= 0.3 is 0 Å². The van der Waals surface area contributed by atoms with Gasteiger partial charge in [-0.2, -0.15) is 0 Å². The van der Waals surface area contributed by atoms with Crippen LogP contribution in [-0.2, 0) is 14.6 Å². The van der Waals surface area contributed by atoms with Gasteiger partial charge in [0.1, 0.15) is 0 Å². The Balaban J connectivity index is 2.18. The summed E-state index contributed by atoms with van der Waals surface area (Å²) in [5, 5.41) is 3.67. The molecule has 1 aromatic carbocycles. The standard InChI is InChI=1S/C13H17Cl2NO3S/c1-16-13(9-4-5-19-7-9)8-20(17,18)10-2-3-11(14)12(15)6-10/h2-3,6,9,13,16H,4-5,7-8H2,1H3. The van der Waals surface area contributed by atoms with E-state index in [0.717, 1.165) is 6.42 Å². The second kappa shape index (κ2) is 6.62. The fraction of sp³-hybridized carbons (Fsp3) is 0.538. The predicted molar refractivity (Wildman–Crippen MR) is 80.3 cm³/mol. The van der Waals surface area contributed by atoms with Gasteiger partial charge in [-0.3, -0.25) is 0 Å². The molecule has 1 saturated heterocycles. The highest BCUT2D eigenvalue weighted by atomic mass is 35.5. The molecule has 1 heterocycles. The van der Waals surface area contributed by atoms with Crippen LogP contribution in [0.4, 0.5) is 0 Å². The molecule has 0 radical (unpaired) electrons. The Bertz CT molecular complexity index is 571. The van der Waals surface area contributed by atoms with Crippen LogP contribution in [0.15, 0.2) is 23.1 Å². The number of halogens is 2. The van der Waals surface area contributed by atoms with Crippen LogP contribution in [0.3, 0.4) is 0 Å². The summed E-state index contributed by atoms with van der Waals surface area (Å²) in [7, 11) is -1.64. The van der Waals surface area contributed by atoms with Gasteiger partial charge in [0.15, 0.2) is 9.84 Å². The Kier molecular flexibility index (Phi) is 5.31. The molecule has 20 heavy (non-hydrogen) atoms. The Morgan fingerprint density at radius 3 is 2.70 bits per heavy atom. The lowest BCUT2D eigenvalue weighted by molar-refractivity contribution is 0.179. The maximum Gasteiger partial charge on any atom is 0.179 e. The number of hydrogen-bond acceptors (Lipinski definition) is 4. The molecule has 2 unspecified atom stereocenters. The van der Waals surface area contributed by atoms with Crippen LogP contribution in [0, 0.1) is 5.92 Å². The van der Waals surface area contributed by atoms with Gasteiger partial charge in [-0.1, -0.05) is 23.2 Å². The van der Waals surface area contributed by atoms with Crippen molar-refractivity contribution in [3.8, 4) is 0 Å². The van der Waals surface area contributed by atoms with E-state index in [-0.39, 0.29) is 27.6 Å². The molecule has 1 N–H and O–H groups in total. The Hall–Kier alpha value is -0.330. The summed E-state index contributed by atoms with van der Waals surface area (Å²) in [4.78, 5) is 0.200. The average Bonchev–Trinajstić information content (AvgIpc) is 2.93. The van der Waals surface area contributed by atoms with Crippen molar-refractivity contribution in [3.63, 3.8) is 0 Å². The first kappa shape index (κ1) is 16.0. The smallest absolute Gasteiger partial charge is 0.179 e. The van der Waals surface area contributed by atoms with Crippen LogP contribution in [0.5, 0.6) is 0 Å². The highest BCUT2D eigenvalue weighted by molar-refractivity contribution is 7.91. The van der Waals surface area contributed by atoms with Crippen molar-refractivity contribution in [1.29, 1.82) is 0 Å². The summed E-state index contributed by atoms with van der Waals surface area (Å²) in [5.41, 5.74) is 0. The molecule has 1 aromatic rings. The van der Waals surface area contributed by atoms with E-state index in [4.69, 9.17) is 27.9 Å². The summed E-state index contributed by atoms with van der Waals surface area (Å²) >= 11 is 11.7. The van der Waals surface area contributed by atoms with E-state index in [1.54, 1.807) is 7.05 Å². The monoisotopic (exact) mass is 337 g/mol. The fourth-order valence-electron chi connectivity index (χ4n) is 2.33. The van der Waals surface area contributed by atoms with Crippen LogP contribution in [0.2, 0.25) is 10.0 Å². The lowest BCUT2D eigenvalue weighted by Crippen LogP contribution is -2.40. The van der Waals surface area contributed by atoms with Crippen molar-refractivity contribution in [2.24, 2.45) is 5.92 Å². The normalized spacial score (nSPS) is 21.1. The van der Waals surface area contributed by atoms with Crippen LogP contribution < -0.4 is 5.32 Å². The molecule has 1 aliphatic rings. The molecular formula is C13H17Cl2NO3S. The molecule has 112 valence electrons. The molecule has 0 bridgehead atoms. The molecule has 0 amide bonds. The molecule has 7 heteroatoms. The van der Waals surface area contributed by atoms with Gasteiger partial charge in [0.2, 0.25) is 0 Å². The molecule has 0 aliphatic carbocycles. The minimum atomic E-state index is -3.41. The van der Waals surface area contributed by atoms with Gasteiger partial charge in [-0.15, -0.1) is 0 Å². The van der Waals surface area contributed by atoms with E-state index >= 15 is 0 Å². The molecule has 1 aliphatic heterocycles. The number of ether oxygens (including phenoxy) is 1. The van der Waals surface area contributed by atoms with Gasteiger partial charge < -0.3 is 10.1 Å². The van der Waals surface area contributed by atoms with Gasteiger partial charge in [-0.25, -0.2) is 8.42 Å². The van der Waals surface area contributed by atoms with Gasteiger partial charge in [0.25, 0.3) is 0 Å². The predicted octanol–water partition coefficient (Wildman–Crippen LogP) is 2.39. The highest BCUT2D eigenvalue weighted by Gasteiger charge is 2.29. The molecule has 0 spiro atoms. The Labute approximate surface area is 129 Å². The van der Waals surface area contributed by atoms with Gasteiger partial charge in [0.05, 0.1) is 27.3 Å². The first-order valence-corrected chi connectivity index (χ1v) is 8.77. The third-order valence-corrected chi connectivity index (χ3v) is 6.06. The van der Waals surface area contributed by atoms with Crippen molar-refractivity contribution < 1.29 is 13.2 Å². The number of nitrogens with one attached hydrogen (secondary N) is 1. The third-order valence-electron chi connectivity index (χ3n) is 3.55. The van der Waals surface area contributed by atoms with Crippen molar-refractivity contribution in [1.82, 2.24) is 5.32 Å². The van der Waals surface area contributed by atoms with E-state index < -0.39 is 9.84 Å². The molecule has 2 rings (SSSR count). The molecule has 4 nitrogen and oxygen atoms in total. The van der Waals surface area contributed by atoms with E-state index in [9.17, 15) is 8.42 Å². The molecular weight excluding hydrogens is 321 g/mol. The zero-order valence-corrected chi connectivity index (χ0v) is 13.4. The van der Waals surface area contributed by atoms with Crippen LogP contribution in [-0.4, -0.2) is 40.5 Å². The van der Waals surface area contributed by atoms with E-state index in [0.29, 0.717) is 18.2 Å². The van der Waals surface area contributed by atoms with Crippen molar-refractivity contribution in [3.05, 3.63) is 28.2 Å². The second-order valence-corrected chi connectivity index (χ2v) is 7.72. The first-order chi connectivity index (χ1) is 9.44. The minimum absolute atomic E-state index is 0.0233. The van der Waals surface area contributed by atoms with Crippen molar-refractivity contribution >= 4 is 33.0 Å². The topological polar surface area (TPSA) is 55.4 Å². The number of sulfone groups is 1. The molecule has 0 aromatic heterocycles. The van der Waals surface area contributed by atoms with E-state index in [1.807, 2.05) is 0 Å². The maximum atomic E-state index is 12.4. The first-order valence-electron chi connectivity index (χ1n) is 6.37. The summed E-state index contributed by atoms with van der Waals surface area (Å²) in [5.74, 6) is 0.243. The molecule has 2 atom stereocenters. The molecule has 0 saturated carbocycles. The largest absolute Gasteiger partial charge is 0.381 e. The maximum absolute atomic E-state index is 12.4. The fourth-order valence-corrected chi connectivity index (χ4v) is 4.37. The van der Waals surface area contributed by atoms with E-state index in [1.165, 1.54) is 18.2 Å². The van der Waals surface area contributed by atoms with E-state index in [2.05, 4.69) is 5.32 Å². The van der Waals surface area contributed by atoms with Crippen LogP contribution in [0.25, 0.3) is 0 Å². The lowest BCUT2D eigenvalue weighted by Gasteiger charge is -2.21. The zero-order valence-electron chi connectivity index (χ0n) is 11.1. The highest BCUT2D eigenvalue weighted by Crippen LogP contribution is 2.26. The van der Waals surface area contributed by atoms with Crippen LogP contribution in [0.1, 0.15) is 6.42 Å². The zero-order chi connectivity index (χ0) is 14.8. The lowest BCUT2D eigenvalue weighted by atomic mass is 10.0. The van der Waals surface area contributed by atoms with Crippen molar-refractivity contribution in [2.45, 2.75) is 17.4 Å². The Morgan fingerprint density at radius 1 is 1.40 bits per heavy atom. The average molecular weight is 338 g/mol. The summed E-state index contributed by atoms with van der Waals surface area (Å²) in [6.07, 6.45) is 0.877. The van der Waals surface area contributed by atoms with Crippen molar-refractivity contribution in [2.75, 3.05) is 26.0 Å². The molecule has 1 fully saturated rings.